The zero-order valence-corrected chi connectivity index (χ0v) is 13.7. The summed E-state index contributed by atoms with van der Waals surface area (Å²) in [6, 6.07) is 15.3. The van der Waals surface area contributed by atoms with E-state index in [9.17, 15) is 0 Å². The number of hydrogen-bond acceptors (Lipinski definition) is 2. The van der Waals surface area contributed by atoms with Gasteiger partial charge in [-0.05, 0) is 65.1 Å². The summed E-state index contributed by atoms with van der Waals surface area (Å²) in [5.74, 6) is 0. The lowest BCUT2D eigenvalue weighted by atomic mass is 9.80. The van der Waals surface area contributed by atoms with Gasteiger partial charge in [-0.15, -0.1) is 0 Å². The second-order valence-electron chi connectivity index (χ2n) is 6.17. The Bertz CT molecular complexity index is 840. The number of allylic oxidation sites excluding steroid dienone is 1. The first-order valence-electron chi connectivity index (χ1n) is 8.53. The van der Waals surface area contributed by atoms with Gasteiger partial charge in [0.2, 0.25) is 0 Å². The molecule has 2 aliphatic carbocycles. The molecule has 0 N–H and O–H groups in total. The number of fused-ring (bicyclic) bond motifs is 5. The molecule has 0 fully saturated rings. The first-order chi connectivity index (χ1) is 11.9. The van der Waals surface area contributed by atoms with E-state index in [1.165, 1.54) is 59.8 Å². The molecular weight excluding hydrogens is 292 g/mol. The van der Waals surface area contributed by atoms with Crippen LogP contribution in [-0.2, 0) is 19.3 Å². The summed E-state index contributed by atoms with van der Waals surface area (Å²) in [5, 5.41) is 0. The summed E-state index contributed by atoms with van der Waals surface area (Å²) in [7, 11) is 0. The molecule has 1 heterocycles. The lowest BCUT2D eigenvalue weighted by Gasteiger charge is -2.24. The van der Waals surface area contributed by atoms with Gasteiger partial charge < -0.3 is 0 Å². The van der Waals surface area contributed by atoms with Crippen molar-refractivity contribution in [2.24, 2.45) is 0 Å². The van der Waals surface area contributed by atoms with Crippen LogP contribution in [0.5, 0.6) is 0 Å². The fourth-order valence-electron chi connectivity index (χ4n) is 3.61. The number of rotatable bonds is 0. The Morgan fingerprint density at radius 3 is 2.38 bits per heavy atom. The van der Waals surface area contributed by atoms with Crippen molar-refractivity contribution in [2.75, 3.05) is 0 Å². The van der Waals surface area contributed by atoms with Crippen molar-refractivity contribution in [3.05, 3.63) is 89.5 Å². The fourth-order valence-corrected chi connectivity index (χ4v) is 3.61. The molecule has 0 spiro atoms. The summed E-state index contributed by atoms with van der Waals surface area (Å²) < 4.78 is 0. The molecule has 118 valence electrons. The highest BCUT2D eigenvalue weighted by Gasteiger charge is 2.19. The second-order valence-corrected chi connectivity index (χ2v) is 6.17. The summed E-state index contributed by atoms with van der Waals surface area (Å²) in [6.45, 7) is 0. The summed E-state index contributed by atoms with van der Waals surface area (Å²) in [6.07, 6.45) is 14.3. The van der Waals surface area contributed by atoms with Crippen molar-refractivity contribution in [1.82, 2.24) is 9.97 Å². The van der Waals surface area contributed by atoms with Gasteiger partial charge in [-0.1, -0.05) is 48.6 Å². The standard InChI is InChI=1S/C18H16.C4H4N2/c1-3-7-15-13(5-1)9-11-18-16-8-4-2-6-14(16)10-12-17(15)18;1-2-5-4-6-3-1/h1,3-5,7-8,10,12H,2,6,9,11H2;1-4H. The molecule has 0 saturated carbocycles. The molecule has 0 atom stereocenters. The van der Waals surface area contributed by atoms with Crippen LogP contribution in [-0.4, -0.2) is 9.97 Å². The van der Waals surface area contributed by atoms with Crippen molar-refractivity contribution >= 4 is 6.08 Å². The van der Waals surface area contributed by atoms with Crippen LogP contribution in [0.15, 0.2) is 67.3 Å². The number of nitrogens with zero attached hydrogens (tertiary/aromatic N) is 2. The fraction of sp³-hybridized carbons (Fsp3) is 0.182. The highest BCUT2D eigenvalue weighted by molar-refractivity contribution is 5.78. The average molecular weight is 312 g/mol. The van der Waals surface area contributed by atoms with Crippen molar-refractivity contribution in [2.45, 2.75) is 25.7 Å². The van der Waals surface area contributed by atoms with Gasteiger partial charge in [0.25, 0.3) is 0 Å². The molecule has 0 radical (unpaired) electrons. The van der Waals surface area contributed by atoms with Gasteiger partial charge >= 0.3 is 0 Å². The topological polar surface area (TPSA) is 25.8 Å². The molecule has 2 aromatic carbocycles. The van der Waals surface area contributed by atoms with E-state index < -0.39 is 0 Å². The average Bonchev–Trinajstić information content (AvgIpc) is 2.69. The van der Waals surface area contributed by atoms with Crippen LogP contribution in [0.4, 0.5) is 0 Å². The van der Waals surface area contributed by atoms with Gasteiger partial charge in [0, 0.05) is 12.4 Å². The normalized spacial score (nSPS) is 13.8. The Kier molecular flexibility index (Phi) is 4.20. The molecule has 3 aromatic rings. The monoisotopic (exact) mass is 312 g/mol. The maximum atomic E-state index is 3.67. The third kappa shape index (κ3) is 2.88. The van der Waals surface area contributed by atoms with E-state index in [1.54, 1.807) is 24.0 Å². The molecule has 0 saturated heterocycles. The zero-order chi connectivity index (χ0) is 16.2. The van der Waals surface area contributed by atoms with E-state index >= 15 is 0 Å². The highest BCUT2D eigenvalue weighted by Crippen LogP contribution is 2.38. The Labute approximate surface area is 142 Å². The van der Waals surface area contributed by atoms with Crippen molar-refractivity contribution in [3.8, 4) is 11.1 Å². The maximum Gasteiger partial charge on any atom is 0.115 e. The molecule has 0 amide bonds. The van der Waals surface area contributed by atoms with Gasteiger partial charge in [0.15, 0.2) is 0 Å². The molecule has 0 bridgehead atoms. The van der Waals surface area contributed by atoms with Gasteiger partial charge in [-0.25, -0.2) is 9.97 Å². The van der Waals surface area contributed by atoms with Crippen molar-refractivity contribution in [1.29, 1.82) is 0 Å². The van der Waals surface area contributed by atoms with Gasteiger partial charge in [-0.2, -0.15) is 0 Å². The number of aromatic nitrogens is 2. The largest absolute Gasteiger partial charge is 0.245 e. The van der Waals surface area contributed by atoms with Crippen LogP contribution < -0.4 is 0 Å². The highest BCUT2D eigenvalue weighted by atomic mass is 14.8. The molecule has 2 heteroatoms. The predicted molar refractivity (Wildman–Crippen MR) is 98.7 cm³/mol. The lowest BCUT2D eigenvalue weighted by Crippen LogP contribution is -2.08. The SMILES string of the molecule is C1=Cc2c(ccc3c2CCc2ccccc2-3)CC1.c1cncnc1. The first-order valence-corrected chi connectivity index (χ1v) is 8.53. The smallest absolute Gasteiger partial charge is 0.115 e. The van der Waals surface area contributed by atoms with Crippen LogP contribution in [0.1, 0.15) is 28.7 Å². The van der Waals surface area contributed by atoms with Crippen LogP contribution >= 0.6 is 0 Å². The summed E-state index contributed by atoms with van der Waals surface area (Å²) >= 11 is 0. The Hall–Kier alpha value is -2.74. The van der Waals surface area contributed by atoms with Crippen molar-refractivity contribution in [3.63, 3.8) is 0 Å². The third-order valence-electron chi connectivity index (χ3n) is 4.74. The van der Waals surface area contributed by atoms with Gasteiger partial charge in [-0.3, -0.25) is 0 Å². The summed E-state index contributed by atoms with van der Waals surface area (Å²) in [5.41, 5.74) is 9.03. The van der Waals surface area contributed by atoms with Gasteiger partial charge in [0.05, 0.1) is 0 Å². The lowest BCUT2D eigenvalue weighted by molar-refractivity contribution is 0.915. The molecule has 0 unspecified atom stereocenters. The van der Waals surface area contributed by atoms with Crippen LogP contribution in [0, 0.1) is 0 Å². The number of hydrogen-bond donors (Lipinski definition) is 0. The second kappa shape index (κ2) is 6.79. The van der Waals surface area contributed by atoms with Crippen molar-refractivity contribution < 1.29 is 0 Å². The molecule has 1 aromatic heterocycles. The molecule has 24 heavy (non-hydrogen) atoms. The van der Waals surface area contributed by atoms with Crippen LogP contribution in [0.3, 0.4) is 0 Å². The number of aryl methyl sites for hydroxylation is 2. The molecule has 5 rings (SSSR count). The Morgan fingerprint density at radius 2 is 1.58 bits per heavy atom. The van der Waals surface area contributed by atoms with E-state index in [2.05, 4.69) is 58.5 Å². The quantitative estimate of drug-likeness (QED) is 0.591. The van der Waals surface area contributed by atoms with E-state index in [-0.39, 0.29) is 0 Å². The first kappa shape index (κ1) is 14.8. The minimum Gasteiger partial charge on any atom is -0.245 e. The Balaban J connectivity index is 0.000000207. The minimum atomic E-state index is 1.19. The Morgan fingerprint density at radius 1 is 0.708 bits per heavy atom. The number of benzene rings is 2. The summed E-state index contributed by atoms with van der Waals surface area (Å²) in [4.78, 5) is 7.35. The van der Waals surface area contributed by atoms with E-state index in [0.717, 1.165) is 0 Å². The third-order valence-corrected chi connectivity index (χ3v) is 4.74. The van der Waals surface area contributed by atoms with Gasteiger partial charge in [0.1, 0.15) is 6.33 Å². The molecule has 2 aliphatic rings. The van der Waals surface area contributed by atoms with E-state index in [4.69, 9.17) is 0 Å². The van der Waals surface area contributed by atoms with E-state index in [0.29, 0.717) is 0 Å². The molecule has 0 aliphatic heterocycles. The zero-order valence-electron chi connectivity index (χ0n) is 13.7. The van der Waals surface area contributed by atoms with E-state index in [1.807, 2.05) is 0 Å². The van der Waals surface area contributed by atoms with Crippen LogP contribution in [0.2, 0.25) is 0 Å². The predicted octanol–water partition coefficient (Wildman–Crippen LogP) is 4.89. The molecule has 2 nitrogen and oxygen atoms in total. The van der Waals surface area contributed by atoms with Crippen LogP contribution in [0.25, 0.3) is 17.2 Å². The maximum absolute atomic E-state index is 3.67. The molecular formula is C22H20N2. The minimum absolute atomic E-state index is 1.19.